The molecule has 238 valence electrons. The number of nitrogens with two attached hydrogens (primary N) is 2. The lowest BCUT2D eigenvalue weighted by Crippen LogP contribution is -2.43. The zero-order valence-electron chi connectivity index (χ0n) is 24.8. The molecule has 6 rings (SSSR count). The second kappa shape index (κ2) is 11.7. The Labute approximate surface area is 262 Å². The lowest BCUT2D eigenvalue weighted by Gasteiger charge is -2.30. The van der Waals surface area contributed by atoms with E-state index in [1.807, 2.05) is 0 Å². The summed E-state index contributed by atoms with van der Waals surface area (Å²) in [7, 11) is 0. The number of benzene rings is 3. The number of carbonyl (C=O) groups excluding carboxylic acids is 2. The first-order valence-corrected chi connectivity index (χ1v) is 14.6. The van der Waals surface area contributed by atoms with Gasteiger partial charge in [-0.15, -0.1) is 0 Å². The molecule has 2 aliphatic rings. The third-order valence-corrected chi connectivity index (χ3v) is 8.51. The van der Waals surface area contributed by atoms with Crippen LogP contribution >= 0.6 is 0 Å². The van der Waals surface area contributed by atoms with Gasteiger partial charge < -0.3 is 31.4 Å². The molecule has 9 nitrogen and oxygen atoms in total. The van der Waals surface area contributed by atoms with Gasteiger partial charge in [0.15, 0.2) is 11.6 Å². The van der Waals surface area contributed by atoms with Crippen LogP contribution in [0, 0.1) is 23.4 Å². The Morgan fingerprint density at radius 2 is 1.78 bits per heavy atom. The van der Waals surface area contributed by atoms with Crippen molar-refractivity contribution in [1.82, 2.24) is 10.3 Å². The van der Waals surface area contributed by atoms with Gasteiger partial charge in [0, 0.05) is 22.8 Å². The molecule has 1 aliphatic carbocycles. The Hall–Kier alpha value is -5.10. The van der Waals surface area contributed by atoms with Gasteiger partial charge in [-0.3, -0.25) is 9.59 Å². The minimum Gasteiger partial charge on any atom is -0.491 e. The minimum atomic E-state index is -2.09. The number of carbonyl (C=O) groups is 2. The summed E-state index contributed by atoms with van der Waals surface area (Å²) in [5.74, 6) is -4.50. The van der Waals surface area contributed by atoms with Crippen molar-refractivity contribution in [1.29, 1.82) is 0 Å². The molecule has 1 aliphatic heterocycles. The van der Waals surface area contributed by atoms with E-state index in [1.54, 1.807) is 36.4 Å². The molecule has 1 aromatic heterocycles. The fourth-order valence-corrected chi connectivity index (χ4v) is 5.34. The number of pyridine rings is 1. The van der Waals surface area contributed by atoms with Gasteiger partial charge in [0.2, 0.25) is 5.91 Å². The molecule has 4 aromatic rings. The van der Waals surface area contributed by atoms with E-state index in [-0.39, 0.29) is 40.4 Å². The van der Waals surface area contributed by atoms with Crippen LogP contribution in [0.3, 0.4) is 0 Å². The highest BCUT2D eigenvalue weighted by Gasteiger charge is 2.46. The first kappa shape index (κ1) is 30.9. The van der Waals surface area contributed by atoms with Crippen LogP contribution in [0.2, 0.25) is 0 Å². The number of amides is 2. The van der Waals surface area contributed by atoms with E-state index in [0.717, 1.165) is 12.8 Å². The van der Waals surface area contributed by atoms with Crippen molar-refractivity contribution in [3.8, 4) is 22.8 Å². The van der Waals surface area contributed by atoms with E-state index < -0.39 is 52.4 Å². The quantitative estimate of drug-likeness (QED) is 0.150. The number of halogens is 3. The van der Waals surface area contributed by atoms with Crippen molar-refractivity contribution < 1.29 is 37.3 Å². The monoisotopic (exact) mass is 632 g/mol. The van der Waals surface area contributed by atoms with Crippen LogP contribution in [-0.4, -0.2) is 41.7 Å². The van der Waals surface area contributed by atoms with E-state index >= 15 is 4.39 Å². The highest BCUT2D eigenvalue weighted by atomic mass is 19.2. The number of hydrogen-bond acceptors (Lipinski definition) is 7. The van der Waals surface area contributed by atoms with E-state index in [2.05, 4.69) is 10.3 Å². The smallest absolute Gasteiger partial charge is 0.251 e. The number of nitrogen functional groups attached to an aromatic ring is 1. The number of hydrogen-bond donors (Lipinski definition) is 4. The van der Waals surface area contributed by atoms with Crippen LogP contribution in [0.5, 0.6) is 11.5 Å². The van der Waals surface area contributed by atoms with Crippen LogP contribution in [-0.2, 0) is 15.8 Å². The number of aliphatic hydroxyl groups is 1. The van der Waals surface area contributed by atoms with Crippen LogP contribution in [0.1, 0.15) is 46.9 Å². The summed E-state index contributed by atoms with van der Waals surface area (Å²) in [5, 5.41) is 15.1. The van der Waals surface area contributed by atoms with E-state index in [0.29, 0.717) is 36.1 Å². The first-order valence-electron chi connectivity index (χ1n) is 14.6. The Bertz CT molecular complexity index is 1850. The third-order valence-electron chi connectivity index (χ3n) is 8.51. The SMILES string of the molecule is C[C@]1(C(N)=O)COc2c1cc([C@@](O)(CNC(=O)c1ccc(N)c(OCC3CC3)c1)c1ccccc1)nc2-c1cc(F)c(F)cc1F. The van der Waals surface area contributed by atoms with Crippen LogP contribution < -0.4 is 26.3 Å². The van der Waals surface area contributed by atoms with Gasteiger partial charge in [-0.1, -0.05) is 30.3 Å². The average molecular weight is 633 g/mol. The molecule has 2 heterocycles. The normalized spacial score (nSPS) is 18.3. The topological polar surface area (TPSA) is 150 Å². The molecule has 2 atom stereocenters. The van der Waals surface area contributed by atoms with Crippen molar-refractivity contribution >= 4 is 17.5 Å². The highest BCUT2D eigenvalue weighted by Crippen LogP contribution is 2.47. The number of anilines is 1. The zero-order valence-corrected chi connectivity index (χ0v) is 24.8. The molecular formula is C34H31F3N4O5. The summed E-state index contributed by atoms with van der Waals surface area (Å²) >= 11 is 0. The van der Waals surface area contributed by atoms with E-state index in [4.69, 9.17) is 20.9 Å². The number of rotatable bonds is 10. The molecule has 46 heavy (non-hydrogen) atoms. The standard InChI is InChI=1S/C34H31F3N4O5/c1-33(32(39)43)17-46-30-22(33)13-28(41-29(30)21-12-24(36)25(37)14-23(21)35)34(44,20-5-3-2-4-6-20)16-40-31(42)19-9-10-26(38)27(11-19)45-15-18-7-8-18/h2-6,9-14,18,44H,7-8,15-17,38H2,1H3,(H2,39,43)(H,40,42)/t33-,34+/m0/s1. The van der Waals surface area contributed by atoms with Gasteiger partial charge >= 0.3 is 0 Å². The number of ether oxygens (including phenoxy) is 2. The predicted molar refractivity (Wildman–Crippen MR) is 162 cm³/mol. The summed E-state index contributed by atoms with van der Waals surface area (Å²) in [6, 6.07) is 15.2. The maximum absolute atomic E-state index is 15.2. The lowest BCUT2D eigenvalue weighted by atomic mass is 9.80. The summed E-state index contributed by atoms with van der Waals surface area (Å²) in [5.41, 5.74) is 8.40. The summed E-state index contributed by atoms with van der Waals surface area (Å²) in [6.45, 7) is 1.30. The summed E-state index contributed by atoms with van der Waals surface area (Å²) in [4.78, 5) is 30.5. The molecule has 12 heteroatoms. The molecule has 1 fully saturated rings. The number of primary amides is 1. The van der Waals surface area contributed by atoms with Gasteiger partial charge in [-0.25, -0.2) is 18.2 Å². The van der Waals surface area contributed by atoms with Gasteiger partial charge in [0.25, 0.3) is 5.91 Å². The van der Waals surface area contributed by atoms with Crippen LogP contribution in [0.15, 0.2) is 66.7 Å². The van der Waals surface area contributed by atoms with Gasteiger partial charge in [-0.05, 0) is 61.6 Å². The molecule has 0 radical (unpaired) electrons. The van der Waals surface area contributed by atoms with E-state index in [1.165, 1.54) is 25.1 Å². The average Bonchev–Trinajstić information content (AvgIpc) is 3.82. The molecule has 0 saturated heterocycles. The maximum Gasteiger partial charge on any atom is 0.251 e. The molecule has 6 N–H and O–H groups in total. The Morgan fingerprint density at radius 1 is 1.07 bits per heavy atom. The predicted octanol–water partition coefficient (Wildman–Crippen LogP) is 4.34. The van der Waals surface area contributed by atoms with Crippen molar-refractivity contribution in [2.24, 2.45) is 11.7 Å². The Kier molecular flexibility index (Phi) is 7.85. The molecule has 0 spiro atoms. The van der Waals surface area contributed by atoms with Crippen molar-refractivity contribution in [2.45, 2.75) is 30.8 Å². The Morgan fingerprint density at radius 3 is 2.48 bits per heavy atom. The van der Waals surface area contributed by atoms with Crippen molar-refractivity contribution in [2.75, 3.05) is 25.5 Å². The van der Waals surface area contributed by atoms with Gasteiger partial charge in [0.1, 0.15) is 40.6 Å². The molecule has 0 unspecified atom stereocenters. The summed E-state index contributed by atoms with van der Waals surface area (Å²) in [6.07, 6.45) is 2.15. The molecule has 2 amide bonds. The van der Waals surface area contributed by atoms with E-state index in [9.17, 15) is 23.5 Å². The molecule has 0 bridgehead atoms. The molecular weight excluding hydrogens is 601 g/mol. The number of fused-ring (bicyclic) bond motifs is 1. The largest absolute Gasteiger partial charge is 0.491 e. The van der Waals surface area contributed by atoms with Crippen LogP contribution in [0.25, 0.3) is 11.3 Å². The first-order chi connectivity index (χ1) is 21.9. The fourth-order valence-electron chi connectivity index (χ4n) is 5.34. The number of nitrogens with zero attached hydrogens (tertiary/aromatic N) is 1. The molecule has 3 aromatic carbocycles. The third kappa shape index (κ3) is 5.60. The molecule has 1 saturated carbocycles. The highest BCUT2D eigenvalue weighted by molar-refractivity contribution is 5.95. The Balaban J connectivity index is 1.44. The maximum atomic E-state index is 15.2. The van der Waals surface area contributed by atoms with Crippen molar-refractivity contribution in [3.63, 3.8) is 0 Å². The lowest BCUT2D eigenvalue weighted by molar-refractivity contribution is -0.123. The van der Waals surface area contributed by atoms with Crippen LogP contribution in [0.4, 0.5) is 18.9 Å². The fraction of sp³-hybridized carbons (Fsp3) is 0.265. The van der Waals surface area contributed by atoms with Crippen molar-refractivity contribution in [3.05, 3.63) is 107 Å². The second-order valence-electron chi connectivity index (χ2n) is 11.9. The minimum absolute atomic E-state index is 0.0741. The van der Waals surface area contributed by atoms with Gasteiger partial charge in [-0.2, -0.15) is 0 Å². The zero-order chi connectivity index (χ0) is 32.8. The second-order valence-corrected chi connectivity index (χ2v) is 11.9. The number of nitrogens with one attached hydrogen (secondary N) is 1. The summed E-state index contributed by atoms with van der Waals surface area (Å²) < 4.78 is 55.0. The van der Waals surface area contributed by atoms with Gasteiger partial charge in [0.05, 0.1) is 24.5 Å². The number of aromatic nitrogens is 1.